The summed E-state index contributed by atoms with van der Waals surface area (Å²) in [7, 11) is 0. The Kier molecular flexibility index (Phi) is 3.38. The number of rotatable bonds is 2. The van der Waals surface area contributed by atoms with Crippen molar-refractivity contribution in [3.8, 4) is 0 Å². The van der Waals surface area contributed by atoms with Gasteiger partial charge in [0, 0.05) is 31.7 Å². The van der Waals surface area contributed by atoms with Crippen LogP contribution in [0.15, 0.2) is 36.5 Å². The first-order chi connectivity index (χ1) is 10.8. The average Bonchev–Trinajstić information content (AvgIpc) is 3.24. The number of aromatic nitrogens is 3. The maximum atomic E-state index is 12.4. The first-order valence-electron chi connectivity index (χ1n) is 7.81. The molecule has 0 aliphatic carbocycles. The van der Waals surface area contributed by atoms with Gasteiger partial charge in [-0.15, -0.1) is 10.2 Å². The number of pyridine rings is 1. The lowest BCUT2D eigenvalue weighted by Gasteiger charge is -2.32. The fourth-order valence-corrected chi connectivity index (χ4v) is 3.33. The Hall–Kier alpha value is -2.21. The van der Waals surface area contributed by atoms with Crippen LogP contribution < -0.4 is 5.32 Å². The molecule has 0 aromatic carbocycles. The van der Waals surface area contributed by atoms with Gasteiger partial charge in [0.25, 0.3) is 0 Å². The van der Waals surface area contributed by atoms with E-state index in [9.17, 15) is 4.79 Å². The minimum Gasteiger partial charge on any atom is -0.341 e. The van der Waals surface area contributed by atoms with Crippen molar-refractivity contribution >= 4 is 11.6 Å². The van der Waals surface area contributed by atoms with Gasteiger partial charge >= 0.3 is 0 Å². The molecule has 6 heteroatoms. The molecule has 4 heterocycles. The lowest BCUT2D eigenvalue weighted by atomic mass is 9.95. The third kappa shape index (κ3) is 2.29. The van der Waals surface area contributed by atoms with Gasteiger partial charge in [0.2, 0.25) is 5.91 Å². The molecule has 1 amide bonds. The molecule has 2 aromatic heterocycles. The summed E-state index contributed by atoms with van der Waals surface area (Å²) in [6, 6.07) is 5.80. The largest absolute Gasteiger partial charge is 0.341 e. The SMILES string of the molecule is O=C([C@H]1C=CCN1)N1CCC(c2nnc3ccccn23)CC1. The van der Waals surface area contributed by atoms with Gasteiger partial charge in [0.05, 0.1) is 0 Å². The molecule has 2 aliphatic rings. The second-order valence-corrected chi connectivity index (χ2v) is 5.90. The summed E-state index contributed by atoms with van der Waals surface area (Å²) in [4.78, 5) is 14.4. The lowest BCUT2D eigenvalue weighted by molar-refractivity contribution is -0.133. The number of carbonyl (C=O) groups is 1. The predicted molar refractivity (Wildman–Crippen MR) is 82.5 cm³/mol. The fraction of sp³-hybridized carbons (Fsp3) is 0.438. The molecule has 1 saturated heterocycles. The zero-order valence-electron chi connectivity index (χ0n) is 12.4. The number of likely N-dealkylation sites (tertiary alicyclic amines) is 1. The normalized spacial score (nSPS) is 22.5. The number of nitrogens with one attached hydrogen (secondary N) is 1. The van der Waals surface area contributed by atoms with Crippen LogP contribution in [0, 0.1) is 0 Å². The van der Waals surface area contributed by atoms with E-state index in [2.05, 4.69) is 19.9 Å². The summed E-state index contributed by atoms with van der Waals surface area (Å²) in [5, 5.41) is 11.8. The van der Waals surface area contributed by atoms with E-state index in [0.29, 0.717) is 5.92 Å². The molecule has 0 saturated carbocycles. The van der Waals surface area contributed by atoms with Crippen molar-refractivity contribution in [2.45, 2.75) is 24.8 Å². The smallest absolute Gasteiger partial charge is 0.243 e. The van der Waals surface area contributed by atoms with Crippen LogP contribution in [0.3, 0.4) is 0 Å². The van der Waals surface area contributed by atoms with E-state index < -0.39 is 0 Å². The number of fused-ring (bicyclic) bond motifs is 1. The van der Waals surface area contributed by atoms with Crippen LogP contribution in [-0.2, 0) is 4.79 Å². The zero-order valence-corrected chi connectivity index (χ0v) is 12.4. The summed E-state index contributed by atoms with van der Waals surface area (Å²) in [5.74, 6) is 1.58. The molecule has 1 fully saturated rings. The molecule has 0 unspecified atom stereocenters. The maximum Gasteiger partial charge on any atom is 0.243 e. The number of carbonyl (C=O) groups excluding carboxylic acids is 1. The molecular weight excluding hydrogens is 278 g/mol. The van der Waals surface area contributed by atoms with Gasteiger partial charge in [-0.1, -0.05) is 18.2 Å². The first kappa shape index (κ1) is 13.5. The number of nitrogens with zero attached hydrogens (tertiary/aromatic N) is 4. The molecule has 1 atom stereocenters. The minimum absolute atomic E-state index is 0.134. The number of amides is 1. The van der Waals surface area contributed by atoms with E-state index in [1.165, 1.54) is 0 Å². The molecule has 6 nitrogen and oxygen atoms in total. The second kappa shape index (κ2) is 5.53. The van der Waals surface area contributed by atoms with Crippen molar-refractivity contribution in [2.24, 2.45) is 0 Å². The van der Waals surface area contributed by atoms with Gasteiger partial charge < -0.3 is 4.90 Å². The molecular formula is C16H19N5O. The van der Waals surface area contributed by atoms with Gasteiger partial charge in [-0.2, -0.15) is 0 Å². The molecule has 22 heavy (non-hydrogen) atoms. The number of hydrogen-bond donors (Lipinski definition) is 1. The Bertz CT molecular complexity index is 714. The van der Waals surface area contributed by atoms with E-state index in [-0.39, 0.29) is 11.9 Å². The first-order valence-corrected chi connectivity index (χ1v) is 7.81. The van der Waals surface area contributed by atoms with Gasteiger partial charge in [0.1, 0.15) is 11.9 Å². The molecule has 4 rings (SSSR count). The quantitative estimate of drug-likeness (QED) is 0.839. The Morgan fingerprint density at radius 2 is 2.09 bits per heavy atom. The fourth-order valence-electron chi connectivity index (χ4n) is 3.33. The van der Waals surface area contributed by atoms with Crippen molar-refractivity contribution < 1.29 is 4.79 Å². The Labute approximate surface area is 128 Å². The average molecular weight is 297 g/mol. The summed E-state index contributed by atoms with van der Waals surface area (Å²) < 4.78 is 2.06. The van der Waals surface area contributed by atoms with Crippen molar-refractivity contribution in [2.75, 3.05) is 19.6 Å². The minimum atomic E-state index is -0.134. The Morgan fingerprint density at radius 1 is 1.23 bits per heavy atom. The highest BCUT2D eigenvalue weighted by Crippen LogP contribution is 2.27. The molecule has 0 spiro atoms. The van der Waals surface area contributed by atoms with E-state index in [1.54, 1.807) is 0 Å². The summed E-state index contributed by atoms with van der Waals surface area (Å²) in [6.07, 6.45) is 7.86. The van der Waals surface area contributed by atoms with Crippen LogP contribution in [0.5, 0.6) is 0 Å². The van der Waals surface area contributed by atoms with E-state index in [0.717, 1.165) is 43.9 Å². The van der Waals surface area contributed by atoms with Gasteiger partial charge in [-0.05, 0) is 25.0 Å². The van der Waals surface area contributed by atoms with Crippen LogP contribution in [0.25, 0.3) is 5.65 Å². The van der Waals surface area contributed by atoms with Gasteiger partial charge in [-0.25, -0.2) is 0 Å². The van der Waals surface area contributed by atoms with Crippen molar-refractivity contribution in [1.29, 1.82) is 0 Å². The van der Waals surface area contributed by atoms with Crippen LogP contribution in [0.4, 0.5) is 0 Å². The van der Waals surface area contributed by atoms with E-state index in [4.69, 9.17) is 0 Å². The van der Waals surface area contributed by atoms with E-state index >= 15 is 0 Å². The highest BCUT2D eigenvalue weighted by Gasteiger charge is 2.30. The topological polar surface area (TPSA) is 62.5 Å². The molecule has 0 bridgehead atoms. The highest BCUT2D eigenvalue weighted by atomic mass is 16.2. The number of piperidine rings is 1. The monoisotopic (exact) mass is 297 g/mol. The molecule has 0 radical (unpaired) electrons. The standard InChI is InChI=1S/C16H19N5O/c22-16(13-4-3-8-17-13)20-10-6-12(7-11-20)15-19-18-14-5-1-2-9-21(14)15/h1-5,9,12-13,17H,6-8,10-11H2/t13-/m1/s1. The predicted octanol–water partition coefficient (Wildman–Crippen LogP) is 0.963. The lowest BCUT2D eigenvalue weighted by Crippen LogP contribution is -2.46. The van der Waals surface area contributed by atoms with Crippen molar-refractivity contribution in [1.82, 2.24) is 24.8 Å². The molecule has 2 aromatic rings. The zero-order chi connectivity index (χ0) is 14.9. The van der Waals surface area contributed by atoms with E-state index in [1.807, 2.05) is 41.4 Å². The molecule has 1 N–H and O–H groups in total. The van der Waals surface area contributed by atoms with Crippen LogP contribution >= 0.6 is 0 Å². The summed E-state index contributed by atoms with van der Waals surface area (Å²) >= 11 is 0. The van der Waals surface area contributed by atoms with Crippen LogP contribution in [0.1, 0.15) is 24.6 Å². The van der Waals surface area contributed by atoms with Gasteiger partial charge in [-0.3, -0.25) is 14.5 Å². The van der Waals surface area contributed by atoms with Gasteiger partial charge in [0.15, 0.2) is 5.65 Å². The van der Waals surface area contributed by atoms with Crippen molar-refractivity contribution in [3.05, 3.63) is 42.4 Å². The summed E-state index contributed by atoms with van der Waals surface area (Å²) in [5.41, 5.74) is 0.885. The maximum absolute atomic E-state index is 12.4. The third-order valence-corrected chi connectivity index (χ3v) is 4.56. The van der Waals surface area contributed by atoms with Crippen LogP contribution in [-0.4, -0.2) is 51.1 Å². The third-order valence-electron chi connectivity index (χ3n) is 4.56. The number of hydrogen-bond acceptors (Lipinski definition) is 4. The molecule has 2 aliphatic heterocycles. The van der Waals surface area contributed by atoms with Crippen molar-refractivity contribution in [3.63, 3.8) is 0 Å². The van der Waals surface area contributed by atoms with Crippen LogP contribution in [0.2, 0.25) is 0 Å². The molecule has 114 valence electrons. The second-order valence-electron chi connectivity index (χ2n) is 5.90. The Morgan fingerprint density at radius 3 is 2.86 bits per heavy atom. The Balaban J connectivity index is 1.45. The summed E-state index contributed by atoms with van der Waals surface area (Å²) in [6.45, 7) is 2.37. The highest BCUT2D eigenvalue weighted by molar-refractivity contribution is 5.84.